The van der Waals surface area contributed by atoms with E-state index >= 15 is 0 Å². The molecule has 1 fully saturated rings. The van der Waals surface area contributed by atoms with E-state index in [0.29, 0.717) is 5.92 Å². The van der Waals surface area contributed by atoms with Crippen LogP contribution in [0.25, 0.3) is 0 Å². The van der Waals surface area contributed by atoms with Crippen LogP contribution in [-0.4, -0.2) is 29.7 Å². The van der Waals surface area contributed by atoms with Crippen LogP contribution < -0.4 is 0 Å². The zero-order valence-corrected chi connectivity index (χ0v) is 13.0. The van der Waals surface area contributed by atoms with Crippen molar-refractivity contribution >= 4 is 6.09 Å². The molecule has 1 aliphatic heterocycles. The number of ether oxygens (including phenoxy) is 1. The van der Waals surface area contributed by atoms with E-state index in [4.69, 9.17) is 4.74 Å². The number of carbonyl (C=O) groups excluding carboxylic acids is 1. The highest BCUT2D eigenvalue weighted by molar-refractivity contribution is 5.68. The predicted octanol–water partition coefficient (Wildman–Crippen LogP) is 3.97. The van der Waals surface area contributed by atoms with Gasteiger partial charge < -0.3 is 9.64 Å². The molecule has 0 spiro atoms. The standard InChI is InChI=1S/C17H25NO2/c1-5-13-6-8-14(9-7-13)15-10-11-18(12-15)16(19)20-17(2,3)4/h6-9,15H,5,10-12H2,1-4H3. The molecule has 3 heteroatoms. The number of rotatable bonds is 2. The van der Waals surface area contributed by atoms with Crippen LogP contribution in [0.4, 0.5) is 4.79 Å². The molecule has 1 atom stereocenters. The minimum Gasteiger partial charge on any atom is -0.444 e. The number of aryl methyl sites for hydroxylation is 1. The maximum atomic E-state index is 12.0. The lowest BCUT2D eigenvalue weighted by Crippen LogP contribution is -2.35. The van der Waals surface area contributed by atoms with Crippen molar-refractivity contribution in [3.05, 3.63) is 35.4 Å². The van der Waals surface area contributed by atoms with Crippen molar-refractivity contribution in [1.82, 2.24) is 4.90 Å². The second-order valence-electron chi connectivity index (χ2n) is 6.51. The van der Waals surface area contributed by atoms with Crippen molar-refractivity contribution in [3.63, 3.8) is 0 Å². The normalized spacial score (nSPS) is 19.2. The van der Waals surface area contributed by atoms with Crippen LogP contribution in [0.3, 0.4) is 0 Å². The topological polar surface area (TPSA) is 29.5 Å². The maximum absolute atomic E-state index is 12.0. The van der Waals surface area contributed by atoms with Gasteiger partial charge in [-0.3, -0.25) is 0 Å². The summed E-state index contributed by atoms with van der Waals surface area (Å²) in [7, 11) is 0. The lowest BCUT2D eigenvalue weighted by Gasteiger charge is -2.24. The van der Waals surface area contributed by atoms with E-state index in [1.807, 2.05) is 25.7 Å². The Morgan fingerprint density at radius 3 is 2.50 bits per heavy atom. The van der Waals surface area contributed by atoms with E-state index in [9.17, 15) is 4.79 Å². The Hall–Kier alpha value is -1.51. The molecule has 1 unspecified atom stereocenters. The molecule has 3 nitrogen and oxygen atoms in total. The van der Waals surface area contributed by atoms with Gasteiger partial charge in [0.1, 0.15) is 5.60 Å². The molecule has 20 heavy (non-hydrogen) atoms. The molecule has 0 bridgehead atoms. The first-order valence-corrected chi connectivity index (χ1v) is 7.46. The highest BCUT2D eigenvalue weighted by atomic mass is 16.6. The number of carbonyl (C=O) groups is 1. The predicted molar refractivity (Wildman–Crippen MR) is 81.0 cm³/mol. The van der Waals surface area contributed by atoms with Gasteiger partial charge in [0.25, 0.3) is 0 Å². The van der Waals surface area contributed by atoms with Crippen LogP contribution in [0.15, 0.2) is 24.3 Å². The molecule has 1 aliphatic rings. The summed E-state index contributed by atoms with van der Waals surface area (Å²) in [5, 5.41) is 0. The van der Waals surface area contributed by atoms with Gasteiger partial charge >= 0.3 is 6.09 Å². The molecule has 1 saturated heterocycles. The van der Waals surface area contributed by atoms with Gasteiger partial charge in [0.05, 0.1) is 0 Å². The molecular weight excluding hydrogens is 250 g/mol. The number of hydrogen-bond donors (Lipinski definition) is 0. The van der Waals surface area contributed by atoms with E-state index < -0.39 is 5.60 Å². The zero-order valence-electron chi connectivity index (χ0n) is 13.0. The third-order valence-electron chi connectivity index (χ3n) is 3.70. The lowest BCUT2D eigenvalue weighted by molar-refractivity contribution is 0.0292. The van der Waals surface area contributed by atoms with E-state index in [-0.39, 0.29) is 6.09 Å². The molecule has 2 rings (SSSR count). The van der Waals surface area contributed by atoms with Gasteiger partial charge in [0.2, 0.25) is 0 Å². The molecule has 110 valence electrons. The Morgan fingerprint density at radius 2 is 1.95 bits per heavy atom. The van der Waals surface area contributed by atoms with Crippen molar-refractivity contribution in [2.24, 2.45) is 0 Å². The van der Waals surface area contributed by atoms with Crippen LogP contribution >= 0.6 is 0 Å². The van der Waals surface area contributed by atoms with Crippen LogP contribution in [0, 0.1) is 0 Å². The number of hydrogen-bond acceptors (Lipinski definition) is 2. The minimum atomic E-state index is -0.419. The van der Waals surface area contributed by atoms with Crippen LogP contribution in [0.2, 0.25) is 0 Å². The Balaban J connectivity index is 1.96. The van der Waals surface area contributed by atoms with Crippen molar-refractivity contribution in [2.75, 3.05) is 13.1 Å². The van der Waals surface area contributed by atoms with Crippen molar-refractivity contribution in [3.8, 4) is 0 Å². The number of amides is 1. The second kappa shape index (κ2) is 5.86. The van der Waals surface area contributed by atoms with Gasteiger partial charge in [0.15, 0.2) is 0 Å². The first-order valence-electron chi connectivity index (χ1n) is 7.46. The van der Waals surface area contributed by atoms with Gasteiger partial charge in [-0.15, -0.1) is 0 Å². The average Bonchev–Trinajstić information content (AvgIpc) is 2.86. The summed E-state index contributed by atoms with van der Waals surface area (Å²) in [6.07, 6.45) is 1.89. The number of nitrogens with zero attached hydrogens (tertiary/aromatic N) is 1. The first-order chi connectivity index (χ1) is 9.39. The number of benzene rings is 1. The Morgan fingerprint density at radius 1 is 1.30 bits per heavy atom. The molecule has 0 aromatic heterocycles. The van der Waals surface area contributed by atoms with Gasteiger partial charge in [-0.2, -0.15) is 0 Å². The largest absolute Gasteiger partial charge is 0.444 e. The smallest absolute Gasteiger partial charge is 0.410 e. The fourth-order valence-corrected chi connectivity index (χ4v) is 2.55. The molecule has 1 aromatic rings. The summed E-state index contributed by atoms with van der Waals surface area (Å²) in [5.74, 6) is 0.438. The second-order valence-corrected chi connectivity index (χ2v) is 6.51. The summed E-state index contributed by atoms with van der Waals surface area (Å²) in [6.45, 7) is 9.43. The third kappa shape index (κ3) is 3.75. The van der Waals surface area contributed by atoms with E-state index in [0.717, 1.165) is 25.9 Å². The van der Waals surface area contributed by atoms with E-state index in [1.54, 1.807) is 0 Å². The average molecular weight is 275 g/mol. The third-order valence-corrected chi connectivity index (χ3v) is 3.70. The fourth-order valence-electron chi connectivity index (χ4n) is 2.55. The molecule has 1 aromatic carbocycles. The fraction of sp³-hybridized carbons (Fsp3) is 0.588. The zero-order chi connectivity index (χ0) is 14.8. The van der Waals surface area contributed by atoms with Gasteiger partial charge in [-0.1, -0.05) is 31.2 Å². The molecule has 0 N–H and O–H groups in total. The quantitative estimate of drug-likeness (QED) is 0.817. The lowest BCUT2D eigenvalue weighted by atomic mass is 9.97. The van der Waals surface area contributed by atoms with E-state index in [1.165, 1.54) is 11.1 Å². The summed E-state index contributed by atoms with van der Waals surface area (Å²) >= 11 is 0. The SMILES string of the molecule is CCc1ccc(C2CCN(C(=O)OC(C)(C)C)C2)cc1. The molecule has 1 amide bonds. The van der Waals surface area contributed by atoms with Crippen LogP contribution in [-0.2, 0) is 11.2 Å². The van der Waals surface area contributed by atoms with Gasteiger partial charge in [0, 0.05) is 19.0 Å². The molecular formula is C17H25NO2. The molecule has 1 heterocycles. The highest BCUT2D eigenvalue weighted by Crippen LogP contribution is 2.28. The maximum Gasteiger partial charge on any atom is 0.410 e. The van der Waals surface area contributed by atoms with E-state index in [2.05, 4.69) is 31.2 Å². The summed E-state index contributed by atoms with van der Waals surface area (Å²) in [5.41, 5.74) is 2.27. The Labute approximate surface area is 121 Å². The Bertz CT molecular complexity index is 459. The molecule has 0 saturated carbocycles. The van der Waals surface area contributed by atoms with Crippen molar-refractivity contribution < 1.29 is 9.53 Å². The van der Waals surface area contributed by atoms with Gasteiger partial charge in [-0.05, 0) is 44.7 Å². The van der Waals surface area contributed by atoms with Crippen LogP contribution in [0.5, 0.6) is 0 Å². The van der Waals surface area contributed by atoms with Crippen molar-refractivity contribution in [2.45, 2.75) is 52.1 Å². The monoisotopic (exact) mass is 275 g/mol. The summed E-state index contributed by atoms with van der Waals surface area (Å²) in [4.78, 5) is 13.9. The van der Waals surface area contributed by atoms with Crippen molar-refractivity contribution in [1.29, 1.82) is 0 Å². The molecule has 0 radical (unpaired) electrons. The first kappa shape index (κ1) is 14.9. The number of likely N-dealkylation sites (tertiary alicyclic amines) is 1. The summed E-state index contributed by atoms with van der Waals surface area (Å²) in [6, 6.07) is 8.77. The van der Waals surface area contributed by atoms with Gasteiger partial charge in [-0.25, -0.2) is 4.79 Å². The highest BCUT2D eigenvalue weighted by Gasteiger charge is 2.30. The minimum absolute atomic E-state index is 0.190. The summed E-state index contributed by atoms with van der Waals surface area (Å²) < 4.78 is 5.43. The Kier molecular flexibility index (Phi) is 4.36. The van der Waals surface area contributed by atoms with Crippen LogP contribution in [0.1, 0.15) is 51.2 Å². The molecule has 0 aliphatic carbocycles.